The number of carbonyl (C=O) groups is 2. The molecule has 0 aromatic heterocycles. The van der Waals surface area contributed by atoms with Crippen molar-refractivity contribution in [3.8, 4) is 0 Å². The number of hydrogen-bond donors (Lipinski definition) is 0. The van der Waals surface area contributed by atoms with Gasteiger partial charge < -0.3 is 9.80 Å². The quantitative estimate of drug-likeness (QED) is 0.796. The Balaban J connectivity index is 1.48. The van der Waals surface area contributed by atoms with E-state index in [1.54, 1.807) is 12.1 Å². The van der Waals surface area contributed by atoms with Gasteiger partial charge in [-0.1, -0.05) is 42.0 Å². The summed E-state index contributed by atoms with van der Waals surface area (Å²) in [6.45, 7) is 4.52. The molecule has 1 aliphatic rings. The number of carbonyl (C=O) groups excluding carboxylic acids is 2. The molecule has 0 spiro atoms. The molecule has 0 aliphatic carbocycles. The van der Waals surface area contributed by atoms with Crippen LogP contribution in [0.3, 0.4) is 0 Å². The van der Waals surface area contributed by atoms with E-state index < -0.39 is 0 Å². The van der Waals surface area contributed by atoms with Gasteiger partial charge in [-0.15, -0.1) is 0 Å². The van der Waals surface area contributed by atoms with Crippen molar-refractivity contribution in [3.63, 3.8) is 0 Å². The van der Waals surface area contributed by atoms with Crippen LogP contribution in [0.15, 0.2) is 48.5 Å². The summed E-state index contributed by atoms with van der Waals surface area (Å²) in [7, 11) is 0. The molecule has 0 radical (unpaired) electrons. The molecule has 148 valence electrons. The predicted molar refractivity (Wildman–Crippen MR) is 107 cm³/mol. The van der Waals surface area contributed by atoms with Crippen molar-refractivity contribution in [1.82, 2.24) is 9.80 Å². The van der Waals surface area contributed by atoms with Crippen LogP contribution in [-0.2, 0) is 22.4 Å². The van der Waals surface area contributed by atoms with Gasteiger partial charge in [0, 0.05) is 32.6 Å². The van der Waals surface area contributed by atoms with Gasteiger partial charge in [0.25, 0.3) is 0 Å². The average Bonchev–Trinajstić information content (AvgIpc) is 2.95. The van der Waals surface area contributed by atoms with Gasteiger partial charge in [-0.3, -0.25) is 9.59 Å². The highest BCUT2D eigenvalue weighted by Gasteiger charge is 2.22. The second kappa shape index (κ2) is 9.49. The van der Waals surface area contributed by atoms with E-state index in [4.69, 9.17) is 0 Å². The first-order valence-electron chi connectivity index (χ1n) is 9.87. The fourth-order valence-corrected chi connectivity index (χ4v) is 3.47. The Morgan fingerprint density at radius 3 is 2.04 bits per heavy atom. The number of rotatable bonds is 5. The van der Waals surface area contributed by atoms with Gasteiger partial charge in [-0.2, -0.15) is 0 Å². The summed E-state index contributed by atoms with van der Waals surface area (Å²) in [4.78, 5) is 28.8. The lowest BCUT2D eigenvalue weighted by Gasteiger charge is -2.22. The van der Waals surface area contributed by atoms with Crippen molar-refractivity contribution in [2.24, 2.45) is 0 Å². The van der Waals surface area contributed by atoms with E-state index in [1.807, 2.05) is 9.80 Å². The van der Waals surface area contributed by atoms with E-state index in [1.165, 1.54) is 23.3 Å². The summed E-state index contributed by atoms with van der Waals surface area (Å²) in [5.41, 5.74) is 3.19. The molecule has 0 bridgehead atoms. The molecule has 28 heavy (non-hydrogen) atoms. The Bertz CT molecular complexity index is 802. The van der Waals surface area contributed by atoms with Gasteiger partial charge in [0.1, 0.15) is 5.82 Å². The van der Waals surface area contributed by atoms with E-state index in [9.17, 15) is 14.0 Å². The van der Waals surface area contributed by atoms with Crippen LogP contribution in [0.5, 0.6) is 0 Å². The van der Waals surface area contributed by atoms with Gasteiger partial charge in [0.05, 0.1) is 6.42 Å². The molecule has 2 aromatic rings. The standard InChI is InChI=1S/C23H27FN2O2/c1-18-3-5-19(6-4-18)9-12-22(27)25-13-2-14-26(16-15-25)23(28)17-20-7-10-21(24)11-8-20/h3-8,10-11H,2,9,12-17H2,1H3. The first-order chi connectivity index (χ1) is 13.5. The summed E-state index contributed by atoms with van der Waals surface area (Å²) in [6, 6.07) is 14.3. The van der Waals surface area contributed by atoms with Gasteiger partial charge in [0.2, 0.25) is 11.8 Å². The van der Waals surface area contributed by atoms with Crippen LogP contribution in [-0.4, -0.2) is 47.8 Å². The van der Waals surface area contributed by atoms with Crippen LogP contribution in [0.1, 0.15) is 29.5 Å². The largest absolute Gasteiger partial charge is 0.341 e. The van der Waals surface area contributed by atoms with Crippen LogP contribution >= 0.6 is 0 Å². The van der Waals surface area contributed by atoms with E-state index in [2.05, 4.69) is 31.2 Å². The van der Waals surface area contributed by atoms with Gasteiger partial charge in [-0.05, 0) is 43.0 Å². The third kappa shape index (κ3) is 5.65. The van der Waals surface area contributed by atoms with Crippen LogP contribution < -0.4 is 0 Å². The number of aryl methyl sites for hydroxylation is 2. The molecule has 0 unspecified atom stereocenters. The minimum atomic E-state index is -0.300. The third-order valence-corrected chi connectivity index (χ3v) is 5.22. The minimum absolute atomic E-state index is 0.0283. The Labute approximate surface area is 166 Å². The second-order valence-corrected chi connectivity index (χ2v) is 7.40. The smallest absolute Gasteiger partial charge is 0.227 e. The first kappa shape index (κ1) is 20.1. The summed E-state index contributed by atoms with van der Waals surface area (Å²) in [5, 5.41) is 0. The highest BCUT2D eigenvalue weighted by atomic mass is 19.1. The third-order valence-electron chi connectivity index (χ3n) is 5.22. The van der Waals surface area contributed by atoms with E-state index in [0.717, 1.165) is 18.4 Å². The maximum Gasteiger partial charge on any atom is 0.227 e. The average molecular weight is 382 g/mol. The molecule has 2 amide bonds. The summed E-state index contributed by atoms with van der Waals surface area (Å²) in [5.74, 6) is -0.125. The molecule has 4 nitrogen and oxygen atoms in total. The van der Waals surface area contributed by atoms with Crippen LogP contribution in [0.2, 0.25) is 0 Å². The molecule has 0 atom stereocenters. The molecule has 1 heterocycles. The fourth-order valence-electron chi connectivity index (χ4n) is 3.47. The lowest BCUT2D eigenvalue weighted by Crippen LogP contribution is -2.38. The lowest BCUT2D eigenvalue weighted by molar-refractivity contribution is -0.133. The molecule has 2 aromatic carbocycles. The summed E-state index contributed by atoms with van der Waals surface area (Å²) < 4.78 is 13.0. The first-order valence-corrected chi connectivity index (χ1v) is 9.87. The molecule has 0 saturated carbocycles. The summed E-state index contributed by atoms with van der Waals surface area (Å²) in [6.07, 6.45) is 2.28. The van der Waals surface area contributed by atoms with Crippen molar-refractivity contribution in [1.29, 1.82) is 0 Å². The maximum absolute atomic E-state index is 13.0. The predicted octanol–water partition coefficient (Wildman–Crippen LogP) is 3.37. The highest BCUT2D eigenvalue weighted by Crippen LogP contribution is 2.11. The molecule has 1 saturated heterocycles. The summed E-state index contributed by atoms with van der Waals surface area (Å²) >= 11 is 0. The zero-order valence-electron chi connectivity index (χ0n) is 16.4. The lowest BCUT2D eigenvalue weighted by atomic mass is 10.1. The van der Waals surface area contributed by atoms with Gasteiger partial charge in [-0.25, -0.2) is 4.39 Å². The normalized spacial score (nSPS) is 14.6. The van der Waals surface area contributed by atoms with Crippen LogP contribution in [0.4, 0.5) is 4.39 Å². The second-order valence-electron chi connectivity index (χ2n) is 7.40. The number of halogens is 1. The zero-order chi connectivity index (χ0) is 19.9. The highest BCUT2D eigenvalue weighted by molar-refractivity contribution is 5.79. The Hall–Kier alpha value is -2.69. The SMILES string of the molecule is Cc1ccc(CCC(=O)N2CCCN(C(=O)Cc3ccc(F)cc3)CC2)cc1. The Morgan fingerprint density at radius 2 is 1.39 bits per heavy atom. The van der Waals surface area contributed by atoms with Gasteiger partial charge in [0.15, 0.2) is 0 Å². The molecule has 1 fully saturated rings. The number of hydrogen-bond acceptors (Lipinski definition) is 2. The molecule has 3 rings (SSSR count). The van der Waals surface area contributed by atoms with Crippen molar-refractivity contribution in [2.75, 3.05) is 26.2 Å². The van der Waals surface area contributed by atoms with Crippen molar-refractivity contribution < 1.29 is 14.0 Å². The van der Waals surface area contributed by atoms with E-state index in [0.29, 0.717) is 32.6 Å². The molecular weight excluding hydrogens is 355 g/mol. The number of amides is 2. The topological polar surface area (TPSA) is 40.6 Å². The van der Waals surface area contributed by atoms with Crippen molar-refractivity contribution >= 4 is 11.8 Å². The molecule has 1 aliphatic heterocycles. The zero-order valence-corrected chi connectivity index (χ0v) is 16.4. The monoisotopic (exact) mass is 382 g/mol. The van der Waals surface area contributed by atoms with Crippen LogP contribution in [0, 0.1) is 12.7 Å². The Morgan fingerprint density at radius 1 is 0.821 bits per heavy atom. The number of benzene rings is 2. The maximum atomic E-state index is 13.0. The molecule has 5 heteroatoms. The van der Waals surface area contributed by atoms with Crippen molar-refractivity contribution in [2.45, 2.75) is 32.6 Å². The van der Waals surface area contributed by atoms with Crippen LogP contribution in [0.25, 0.3) is 0 Å². The van der Waals surface area contributed by atoms with Gasteiger partial charge >= 0.3 is 0 Å². The Kier molecular flexibility index (Phi) is 6.80. The fraction of sp³-hybridized carbons (Fsp3) is 0.391. The number of nitrogens with zero attached hydrogens (tertiary/aromatic N) is 2. The molecular formula is C23H27FN2O2. The van der Waals surface area contributed by atoms with E-state index in [-0.39, 0.29) is 24.1 Å². The molecule has 0 N–H and O–H groups in total. The minimum Gasteiger partial charge on any atom is -0.341 e. The van der Waals surface area contributed by atoms with E-state index >= 15 is 0 Å². The van der Waals surface area contributed by atoms with Crippen molar-refractivity contribution in [3.05, 3.63) is 71.0 Å².